The van der Waals surface area contributed by atoms with Crippen molar-refractivity contribution in [1.29, 1.82) is 0 Å². The van der Waals surface area contributed by atoms with Gasteiger partial charge in [-0.25, -0.2) is 4.98 Å². The summed E-state index contributed by atoms with van der Waals surface area (Å²) in [6.07, 6.45) is 1.46. The Bertz CT molecular complexity index is 1690. The van der Waals surface area contributed by atoms with Crippen molar-refractivity contribution in [3.05, 3.63) is 111 Å². The minimum atomic E-state index is -0.589. The molecule has 4 rings (SSSR count). The van der Waals surface area contributed by atoms with Crippen molar-refractivity contribution in [1.82, 2.24) is 10.3 Å². The number of amides is 3. The molecule has 1 heterocycles. The Labute approximate surface area is 278 Å². The third kappa shape index (κ3) is 9.92. The summed E-state index contributed by atoms with van der Waals surface area (Å²) in [7, 11) is 0. The van der Waals surface area contributed by atoms with Gasteiger partial charge in [0.25, 0.3) is 11.8 Å². The molecule has 3 amide bonds. The van der Waals surface area contributed by atoms with Gasteiger partial charge in [-0.3, -0.25) is 19.2 Å². The predicted molar refractivity (Wildman–Crippen MR) is 180 cm³/mol. The van der Waals surface area contributed by atoms with Gasteiger partial charge in [-0.1, -0.05) is 47.5 Å². The quantitative estimate of drug-likeness (QED) is 0.0828. The first-order chi connectivity index (χ1) is 21.6. The highest BCUT2D eigenvalue weighted by Crippen LogP contribution is 2.28. The van der Waals surface area contributed by atoms with Crippen LogP contribution < -0.4 is 16.0 Å². The second-order valence-electron chi connectivity index (χ2n) is 9.37. The summed E-state index contributed by atoms with van der Waals surface area (Å²) < 4.78 is 4.93. The molecule has 0 aliphatic carbocycles. The van der Waals surface area contributed by atoms with Gasteiger partial charge in [0, 0.05) is 37.1 Å². The number of aromatic nitrogens is 1. The molecular formula is C32H28Cl2N4O5S2. The van der Waals surface area contributed by atoms with Crippen LogP contribution in [-0.2, 0) is 25.5 Å². The number of carbonyl (C=O) groups is 4. The van der Waals surface area contributed by atoms with Gasteiger partial charge < -0.3 is 20.7 Å². The first-order valence-electron chi connectivity index (χ1n) is 13.6. The zero-order valence-corrected chi connectivity index (χ0v) is 27.3. The minimum absolute atomic E-state index is 0.0395. The maximum Gasteiger partial charge on any atom is 0.311 e. The minimum Gasteiger partial charge on any atom is -0.466 e. The van der Waals surface area contributed by atoms with Crippen LogP contribution in [-0.4, -0.2) is 40.5 Å². The molecule has 9 nitrogen and oxygen atoms in total. The normalized spacial score (nSPS) is 11.8. The molecular weight excluding hydrogens is 655 g/mol. The van der Waals surface area contributed by atoms with E-state index >= 15 is 0 Å². The number of anilines is 2. The van der Waals surface area contributed by atoms with Crippen molar-refractivity contribution in [2.45, 2.75) is 30.4 Å². The summed E-state index contributed by atoms with van der Waals surface area (Å²) >= 11 is 15.2. The molecule has 1 unspecified atom stereocenters. The number of thiazole rings is 1. The van der Waals surface area contributed by atoms with Gasteiger partial charge in [0.2, 0.25) is 5.91 Å². The van der Waals surface area contributed by atoms with Crippen LogP contribution in [0.3, 0.4) is 0 Å². The second kappa shape index (κ2) is 16.2. The first kappa shape index (κ1) is 33.7. The van der Waals surface area contributed by atoms with Gasteiger partial charge in [-0.05, 0) is 68.5 Å². The van der Waals surface area contributed by atoms with E-state index < -0.39 is 17.1 Å². The molecule has 0 fully saturated rings. The molecule has 3 aromatic carbocycles. The number of carbonyl (C=O) groups excluding carboxylic acids is 4. The molecule has 3 N–H and O–H groups in total. The molecule has 0 radical (unpaired) electrons. The second-order valence-corrected chi connectivity index (χ2v) is 12.5. The summed E-state index contributed by atoms with van der Waals surface area (Å²) in [5, 5.41) is 10.5. The molecule has 13 heteroatoms. The van der Waals surface area contributed by atoms with Crippen LogP contribution in [0.1, 0.15) is 35.5 Å². The molecule has 0 saturated carbocycles. The van der Waals surface area contributed by atoms with Crippen LogP contribution in [0.25, 0.3) is 6.08 Å². The Morgan fingerprint density at radius 2 is 1.64 bits per heavy atom. The summed E-state index contributed by atoms with van der Waals surface area (Å²) in [6, 6.07) is 20.3. The maximum atomic E-state index is 13.4. The largest absolute Gasteiger partial charge is 0.466 e. The Morgan fingerprint density at radius 3 is 2.31 bits per heavy atom. The number of hydrogen-bond acceptors (Lipinski definition) is 8. The predicted octanol–water partition coefficient (Wildman–Crippen LogP) is 7.08. The van der Waals surface area contributed by atoms with E-state index in [2.05, 4.69) is 20.9 Å². The Balaban J connectivity index is 1.40. The monoisotopic (exact) mass is 682 g/mol. The third-order valence-corrected chi connectivity index (χ3v) is 8.60. The van der Waals surface area contributed by atoms with Crippen molar-refractivity contribution >= 4 is 86.9 Å². The Kier molecular flexibility index (Phi) is 12.2. The van der Waals surface area contributed by atoms with Crippen LogP contribution >= 0.6 is 46.3 Å². The molecule has 0 aliphatic rings. The number of esters is 1. The molecule has 0 spiro atoms. The van der Waals surface area contributed by atoms with Crippen LogP contribution in [0.2, 0.25) is 10.0 Å². The Morgan fingerprint density at radius 1 is 0.956 bits per heavy atom. The van der Waals surface area contributed by atoms with Crippen molar-refractivity contribution < 1.29 is 23.9 Å². The fourth-order valence-electron chi connectivity index (χ4n) is 3.82. The smallest absolute Gasteiger partial charge is 0.311 e. The zero-order chi connectivity index (χ0) is 32.3. The number of benzene rings is 3. The molecule has 0 bridgehead atoms. The molecule has 232 valence electrons. The Hall–Kier alpha value is -4.16. The highest BCUT2D eigenvalue weighted by Gasteiger charge is 2.19. The summed E-state index contributed by atoms with van der Waals surface area (Å²) in [5.74, 6) is -1.70. The fraction of sp³-hybridized carbons (Fsp3) is 0.156. The average molecular weight is 684 g/mol. The highest BCUT2D eigenvalue weighted by atomic mass is 35.5. The molecule has 4 aromatic rings. The molecule has 1 atom stereocenters. The highest BCUT2D eigenvalue weighted by molar-refractivity contribution is 8.00. The topological polar surface area (TPSA) is 126 Å². The number of hydrogen-bond donors (Lipinski definition) is 3. The summed E-state index contributed by atoms with van der Waals surface area (Å²) in [6.45, 7) is 3.78. The number of nitrogens with zero attached hydrogens (tertiary/aromatic N) is 1. The van der Waals surface area contributed by atoms with Crippen LogP contribution in [0.15, 0.2) is 88.8 Å². The number of ether oxygens (including phenoxy) is 1. The third-order valence-electron chi connectivity index (χ3n) is 6.02. The lowest BCUT2D eigenvalue weighted by molar-refractivity contribution is -0.142. The lowest BCUT2D eigenvalue weighted by Crippen LogP contribution is -2.30. The van der Waals surface area contributed by atoms with Gasteiger partial charge in [-0.15, -0.1) is 23.1 Å². The van der Waals surface area contributed by atoms with E-state index in [0.29, 0.717) is 44.3 Å². The van der Waals surface area contributed by atoms with Gasteiger partial charge >= 0.3 is 5.97 Å². The van der Waals surface area contributed by atoms with E-state index in [1.807, 2.05) is 0 Å². The summed E-state index contributed by atoms with van der Waals surface area (Å²) in [5.41, 5.74) is 1.68. The molecule has 45 heavy (non-hydrogen) atoms. The SMILES string of the molecule is CCOC(=O)Cc1csc(NC(=O)C(C)Sc2ccc(NC(=O)/C(=C/c3c(Cl)cccc3Cl)NC(=O)c3ccccc3)cc2)n1. The zero-order valence-electron chi connectivity index (χ0n) is 24.1. The fourth-order valence-corrected chi connectivity index (χ4v) is 5.91. The first-order valence-corrected chi connectivity index (χ1v) is 16.2. The van der Waals surface area contributed by atoms with Gasteiger partial charge in [0.1, 0.15) is 5.70 Å². The number of rotatable bonds is 12. The molecule has 1 aromatic heterocycles. The average Bonchev–Trinajstić information content (AvgIpc) is 3.45. The lowest BCUT2D eigenvalue weighted by Gasteiger charge is -2.13. The summed E-state index contributed by atoms with van der Waals surface area (Å²) in [4.78, 5) is 55.7. The van der Waals surface area contributed by atoms with Crippen molar-refractivity contribution in [3.8, 4) is 0 Å². The number of thioether (sulfide) groups is 1. The maximum absolute atomic E-state index is 13.4. The van der Waals surface area contributed by atoms with Crippen molar-refractivity contribution in [2.75, 3.05) is 17.2 Å². The van der Waals surface area contributed by atoms with Crippen LogP contribution in [0, 0.1) is 0 Å². The van der Waals surface area contributed by atoms with E-state index in [9.17, 15) is 19.2 Å². The van der Waals surface area contributed by atoms with Gasteiger partial charge in [-0.2, -0.15) is 0 Å². The van der Waals surface area contributed by atoms with Crippen molar-refractivity contribution in [2.24, 2.45) is 0 Å². The standard InChI is InChI=1S/C32H28Cl2N4O5S2/c1-3-43-28(39)16-22-18-44-32(36-22)38-29(40)19(2)45-23-14-12-21(13-15-23)35-31(42)27(17-24-25(33)10-7-11-26(24)34)37-30(41)20-8-5-4-6-9-20/h4-15,17-19H,3,16H2,1-2H3,(H,35,42)(H,37,41)(H,36,38,40)/b27-17-. The van der Waals surface area contributed by atoms with E-state index in [1.54, 1.807) is 92.0 Å². The van der Waals surface area contributed by atoms with Crippen molar-refractivity contribution in [3.63, 3.8) is 0 Å². The van der Waals surface area contributed by atoms with Crippen LogP contribution in [0.4, 0.5) is 10.8 Å². The number of nitrogens with one attached hydrogen (secondary N) is 3. The lowest BCUT2D eigenvalue weighted by atomic mass is 10.1. The van der Waals surface area contributed by atoms with Gasteiger partial charge in [0.15, 0.2) is 5.13 Å². The molecule has 0 saturated heterocycles. The van der Waals surface area contributed by atoms with Gasteiger partial charge in [0.05, 0.1) is 24.0 Å². The van der Waals surface area contributed by atoms with E-state index in [0.717, 1.165) is 4.90 Å². The number of halogens is 2. The van der Waals surface area contributed by atoms with E-state index in [4.69, 9.17) is 27.9 Å². The van der Waals surface area contributed by atoms with E-state index in [1.165, 1.54) is 29.2 Å². The van der Waals surface area contributed by atoms with Crippen LogP contribution in [0.5, 0.6) is 0 Å². The molecule has 0 aliphatic heterocycles. The van der Waals surface area contributed by atoms with E-state index in [-0.39, 0.29) is 24.0 Å².